The molecule has 1 aromatic carbocycles. The number of aromatic amines is 1. The van der Waals surface area contributed by atoms with Gasteiger partial charge in [-0.3, -0.25) is 9.38 Å². The second kappa shape index (κ2) is 6.00. The molecule has 2 N–H and O–H groups in total. The van der Waals surface area contributed by atoms with Gasteiger partial charge < -0.3 is 10.1 Å². The van der Waals surface area contributed by atoms with Gasteiger partial charge in [-0.1, -0.05) is 24.3 Å². The van der Waals surface area contributed by atoms with Gasteiger partial charge in [-0.2, -0.15) is 0 Å². The average molecular weight is 369 g/mol. The van der Waals surface area contributed by atoms with Crippen molar-refractivity contribution in [1.82, 2.24) is 24.3 Å². The van der Waals surface area contributed by atoms with Gasteiger partial charge in [0.15, 0.2) is 5.65 Å². The number of imidazole rings is 1. The lowest BCUT2D eigenvalue weighted by Gasteiger charge is -2.17. The first kappa shape index (κ1) is 16.6. The number of nitrogens with zero attached hydrogens (tertiary/aromatic N) is 4. The lowest BCUT2D eigenvalue weighted by atomic mass is 9.97. The van der Waals surface area contributed by atoms with Crippen LogP contribution in [0.25, 0.3) is 39.3 Å². The van der Waals surface area contributed by atoms with E-state index in [0.717, 1.165) is 44.9 Å². The zero-order valence-corrected chi connectivity index (χ0v) is 15.6. The molecular weight excluding hydrogens is 350 g/mol. The van der Waals surface area contributed by atoms with Crippen molar-refractivity contribution >= 4 is 16.7 Å². The Morgan fingerprint density at radius 3 is 2.50 bits per heavy atom. The highest BCUT2D eigenvalue weighted by atomic mass is 16.3. The Morgan fingerprint density at radius 2 is 1.79 bits per heavy atom. The van der Waals surface area contributed by atoms with Crippen LogP contribution in [0.1, 0.15) is 19.4 Å². The maximum Gasteiger partial charge on any atom is 0.154 e. The van der Waals surface area contributed by atoms with Gasteiger partial charge in [-0.15, -0.1) is 0 Å². The van der Waals surface area contributed by atoms with Gasteiger partial charge in [0.1, 0.15) is 5.82 Å². The molecule has 0 aliphatic rings. The van der Waals surface area contributed by atoms with E-state index in [9.17, 15) is 5.11 Å². The lowest BCUT2D eigenvalue weighted by molar-refractivity contribution is 0.0786. The summed E-state index contributed by atoms with van der Waals surface area (Å²) < 4.78 is 2.11. The molecule has 6 heteroatoms. The number of fused-ring (bicyclic) bond motifs is 3. The summed E-state index contributed by atoms with van der Waals surface area (Å²) in [6.45, 7) is 3.56. The first-order chi connectivity index (χ1) is 13.5. The molecule has 5 rings (SSSR count). The molecule has 0 unspecified atom stereocenters. The van der Waals surface area contributed by atoms with Crippen molar-refractivity contribution < 1.29 is 5.11 Å². The van der Waals surface area contributed by atoms with Crippen LogP contribution in [-0.2, 0) is 5.60 Å². The molecule has 0 saturated carbocycles. The van der Waals surface area contributed by atoms with E-state index in [-0.39, 0.29) is 0 Å². The van der Waals surface area contributed by atoms with Crippen molar-refractivity contribution in [2.24, 2.45) is 0 Å². The third-order valence-electron chi connectivity index (χ3n) is 4.96. The number of benzene rings is 1. The molecule has 4 aromatic heterocycles. The maximum absolute atomic E-state index is 10.2. The largest absolute Gasteiger partial charge is 0.386 e. The van der Waals surface area contributed by atoms with Gasteiger partial charge >= 0.3 is 0 Å². The third kappa shape index (κ3) is 2.58. The molecule has 138 valence electrons. The fraction of sp³-hybridized carbons (Fsp3) is 0.136. The normalized spacial score (nSPS) is 12.1. The molecule has 0 bridgehead atoms. The third-order valence-corrected chi connectivity index (χ3v) is 4.96. The Morgan fingerprint density at radius 1 is 0.964 bits per heavy atom. The molecule has 0 saturated heterocycles. The fourth-order valence-corrected chi connectivity index (χ4v) is 3.49. The van der Waals surface area contributed by atoms with Gasteiger partial charge in [-0.25, -0.2) is 9.97 Å². The van der Waals surface area contributed by atoms with E-state index in [0.29, 0.717) is 0 Å². The average Bonchev–Trinajstić information content (AvgIpc) is 3.32. The molecule has 0 fully saturated rings. The summed E-state index contributed by atoms with van der Waals surface area (Å²) in [7, 11) is 0. The summed E-state index contributed by atoms with van der Waals surface area (Å²) in [6.07, 6.45) is 7.28. The van der Waals surface area contributed by atoms with E-state index in [1.807, 2.05) is 61.1 Å². The van der Waals surface area contributed by atoms with Crippen molar-refractivity contribution in [3.05, 3.63) is 72.8 Å². The number of rotatable bonds is 3. The number of aliphatic hydroxyl groups is 1. The monoisotopic (exact) mass is 369 g/mol. The summed E-state index contributed by atoms with van der Waals surface area (Å²) in [4.78, 5) is 16.9. The fourth-order valence-electron chi connectivity index (χ4n) is 3.49. The highest BCUT2D eigenvalue weighted by Crippen LogP contribution is 2.32. The van der Waals surface area contributed by atoms with Crippen LogP contribution in [0.4, 0.5) is 0 Å². The van der Waals surface area contributed by atoms with Gasteiger partial charge in [0.2, 0.25) is 0 Å². The minimum atomic E-state index is -0.880. The molecule has 0 aliphatic heterocycles. The number of H-pyrrole nitrogens is 1. The van der Waals surface area contributed by atoms with Gasteiger partial charge in [-0.05, 0) is 37.6 Å². The molecule has 0 aliphatic carbocycles. The van der Waals surface area contributed by atoms with Crippen LogP contribution in [0.5, 0.6) is 0 Å². The van der Waals surface area contributed by atoms with Crippen LogP contribution in [0.2, 0.25) is 0 Å². The molecular formula is C22H19N5O. The molecule has 5 aromatic rings. The smallest absolute Gasteiger partial charge is 0.154 e. The van der Waals surface area contributed by atoms with Crippen LogP contribution in [0, 0.1) is 0 Å². The van der Waals surface area contributed by atoms with E-state index < -0.39 is 5.60 Å². The number of hydrogen-bond donors (Lipinski definition) is 2. The molecule has 28 heavy (non-hydrogen) atoms. The Balaban J connectivity index is 1.78. The number of aromatic nitrogens is 5. The molecule has 0 radical (unpaired) electrons. The predicted octanol–water partition coefficient (Wildman–Crippen LogP) is 4.17. The number of pyridine rings is 1. The van der Waals surface area contributed by atoms with Crippen molar-refractivity contribution in [1.29, 1.82) is 0 Å². The number of nitrogens with one attached hydrogen (secondary N) is 1. The van der Waals surface area contributed by atoms with Crippen LogP contribution in [0.3, 0.4) is 0 Å². The molecule has 4 heterocycles. The Labute approximate surface area is 161 Å². The first-order valence-electron chi connectivity index (χ1n) is 9.10. The van der Waals surface area contributed by atoms with Crippen molar-refractivity contribution in [2.75, 3.05) is 0 Å². The zero-order chi connectivity index (χ0) is 19.3. The van der Waals surface area contributed by atoms with Gasteiger partial charge in [0, 0.05) is 29.7 Å². The van der Waals surface area contributed by atoms with Crippen LogP contribution >= 0.6 is 0 Å². The quantitative estimate of drug-likeness (QED) is 0.500. The predicted molar refractivity (Wildman–Crippen MR) is 109 cm³/mol. The molecule has 0 amide bonds. The Bertz CT molecular complexity index is 1280. The maximum atomic E-state index is 10.2. The Hall–Kier alpha value is -3.51. The standard InChI is InChI=1S/C22H19N5O/c1-22(2,28)16-7-5-14(6-8-16)19-18-13-25-20-17(9-11-24-20)27(18)21(26-19)15-4-3-10-23-12-15/h3-13,24,28H,1-2H3. The molecule has 0 atom stereocenters. The van der Waals surface area contributed by atoms with E-state index in [4.69, 9.17) is 4.98 Å². The minimum Gasteiger partial charge on any atom is -0.386 e. The zero-order valence-electron chi connectivity index (χ0n) is 15.6. The highest BCUT2D eigenvalue weighted by Gasteiger charge is 2.19. The second-order valence-corrected chi connectivity index (χ2v) is 7.35. The second-order valence-electron chi connectivity index (χ2n) is 7.35. The van der Waals surface area contributed by atoms with Gasteiger partial charge in [0.05, 0.1) is 28.5 Å². The van der Waals surface area contributed by atoms with Crippen molar-refractivity contribution in [3.63, 3.8) is 0 Å². The van der Waals surface area contributed by atoms with Crippen LogP contribution in [-0.4, -0.2) is 29.4 Å². The van der Waals surface area contributed by atoms with E-state index in [1.165, 1.54) is 0 Å². The summed E-state index contributed by atoms with van der Waals surface area (Å²) in [5.41, 5.74) is 5.41. The van der Waals surface area contributed by atoms with Gasteiger partial charge in [0.25, 0.3) is 0 Å². The first-order valence-corrected chi connectivity index (χ1v) is 9.10. The van der Waals surface area contributed by atoms with E-state index in [2.05, 4.69) is 19.4 Å². The summed E-state index contributed by atoms with van der Waals surface area (Å²) >= 11 is 0. The minimum absolute atomic E-state index is 0.805. The number of hydrogen-bond acceptors (Lipinski definition) is 4. The molecule has 6 nitrogen and oxygen atoms in total. The summed E-state index contributed by atoms with van der Waals surface area (Å²) in [6, 6.07) is 13.8. The lowest BCUT2D eigenvalue weighted by Crippen LogP contribution is -2.14. The molecule has 0 spiro atoms. The summed E-state index contributed by atoms with van der Waals surface area (Å²) in [5.74, 6) is 0.816. The topological polar surface area (TPSA) is 79.1 Å². The summed E-state index contributed by atoms with van der Waals surface area (Å²) in [5, 5.41) is 10.2. The van der Waals surface area contributed by atoms with E-state index >= 15 is 0 Å². The van der Waals surface area contributed by atoms with E-state index in [1.54, 1.807) is 20.0 Å². The van der Waals surface area contributed by atoms with Crippen molar-refractivity contribution in [2.45, 2.75) is 19.4 Å². The van der Waals surface area contributed by atoms with Crippen LogP contribution < -0.4 is 0 Å². The highest BCUT2D eigenvalue weighted by molar-refractivity contribution is 5.87. The Kier molecular flexibility index (Phi) is 3.57. The van der Waals surface area contributed by atoms with Crippen molar-refractivity contribution in [3.8, 4) is 22.6 Å². The van der Waals surface area contributed by atoms with Crippen LogP contribution in [0.15, 0.2) is 67.3 Å². The SMILES string of the molecule is CC(C)(O)c1ccc(-c2nc(-c3cccnc3)n3c2cnc2[nH]ccc23)cc1.